The average molecular weight is 349 g/mol. The fourth-order valence-corrected chi connectivity index (χ4v) is 3.75. The maximum Gasteiger partial charge on any atom is 0.243 e. The van der Waals surface area contributed by atoms with Crippen LogP contribution in [0.2, 0.25) is 0 Å². The third-order valence-corrected chi connectivity index (χ3v) is 5.48. The molecule has 1 aromatic rings. The summed E-state index contributed by atoms with van der Waals surface area (Å²) in [7, 11) is 0. The summed E-state index contributed by atoms with van der Waals surface area (Å²) in [4.78, 5) is 23.6. The van der Waals surface area contributed by atoms with Crippen LogP contribution in [0.15, 0.2) is 4.52 Å². The van der Waals surface area contributed by atoms with Crippen LogP contribution in [-0.2, 0) is 11.2 Å². The summed E-state index contributed by atoms with van der Waals surface area (Å²) in [5, 5.41) is 3.99. The zero-order valence-electron chi connectivity index (χ0n) is 15.8. The molecule has 0 spiro atoms. The van der Waals surface area contributed by atoms with Crippen LogP contribution in [-0.4, -0.2) is 76.6 Å². The normalized spacial score (nSPS) is 24.4. The van der Waals surface area contributed by atoms with Crippen molar-refractivity contribution in [3.63, 3.8) is 0 Å². The van der Waals surface area contributed by atoms with Crippen LogP contribution in [0.3, 0.4) is 0 Å². The number of hydrogen-bond donors (Lipinski definition) is 0. The number of nitrogens with zero attached hydrogens (tertiary/aromatic N) is 5. The number of amides is 1. The average Bonchev–Trinajstić information content (AvgIpc) is 3.11. The standard InChI is InChI=1S/C18H31N5O2/c1-4-16-19-18(25-20-16)15(3)22-10-8-21(9-11-22)13-17(24)23-7-5-6-14(2)12-23/h14-15H,4-13H2,1-3H3/t14-,15-/m1/s1. The Balaban J connectivity index is 1.45. The molecule has 0 radical (unpaired) electrons. The summed E-state index contributed by atoms with van der Waals surface area (Å²) >= 11 is 0. The molecule has 0 bridgehead atoms. The van der Waals surface area contributed by atoms with Gasteiger partial charge in [-0.3, -0.25) is 14.6 Å². The van der Waals surface area contributed by atoms with Gasteiger partial charge in [-0.25, -0.2) is 0 Å². The number of piperazine rings is 1. The lowest BCUT2D eigenvalue weighted by atomic mass is 10.0. The lowest BCUT2D eigenvalue weighted by Gasteiger charge is -2.38. The van der Waals surface area contributed by atoms with Gasteiger partial charge in [0, 0.05) is 45.7 Å². The molecular weight excluding hydrogens is 318 g/mol. The molecule has 25 heavy (non-hydrogen) atoms. The smallest absolute Gasteiger partial charge is 0.243 e. The van der Waals surface area contributed by atoms with Crippen molar-refractivity contribution >= 4 is 5.91 Å². The number of hydrogen-bond acceptors (Lipinski definition) is 6. The van der Waals surface area contributed by atoms with Crippen LogP contribution in [0, 0.1) is 5.92 Å². The molecule has 2 fully saturated rings. The molecule has 0 N–H and O–H groups in total. The van der Waals surface area contributed by atoms with E-state index in [9.17, 15) is 4.79 Å². The van der Waals surface area contributed by atoms with Gasteiger partial charge in [-0.05, 0) is 25.7 Å². The zero-order valence-corrected chi connectivity index (χ0v) is 15.8. The van der Waals surface area contributed by atoms with Crippen LogP contribution < -0.4 is 0 Å². The molecule has 7 heteroatoms. The van der Waals surface area contributed by atoms with Gasteiger partial charge in [-0.2, -0.15) is 4.98 Å². The van der Waals surface area contributed by atoms with E-state index < -0.39 is 0 Å². The van der Waals surface area contributed by atoms with E-state index in [1.807, 2.05) is 11.8 Å². The van der Waals surface area contributed by atoms with Crippen molar-refractivity contribution in [3.8, 4) is 0 Å². The van der Waals surface area contributed by atoms with E-state index in [1.165, 1.54) is 6.42 Å². The van der Waals surface area contributed by atoms with Gasteiger partial charge in [0.2, 0.25) is 11.8 Å². The van der Waals surface area contributed by atoms with Gasteiger partial charge in [0.1, 0.15) is 0 Å². The van der Waals surface area contributed by atoms with Gasteiger partial charge in [0.05, 0.1) is 12.6 Å². The van der Waals surface area contributed by atoms with Crippen molar-refractivity contribution in [1.29, 1.82) is 0 Å². The molecular formula is C18H31N5O2. The molecule has 0 saturated carbocycles. The van der Waals surface area contributed by atoms with Crippen molar-refractivity contribution in [3.05, 3.63) is 11.7 Å². The molecule has 140 valence electrons. The van der Waals surface area contributed by atoms with E-state index >= 15 is 0 Å². The van der Waals surface area contributed by atoms with Gasteiger partial charge >= 0.3 is 0 Å². The Morgan fingerprint density at radius 3 is 2.68 bits per heavy atom. The lowest BCUT2D eigenvalue weighted by molar-refractivity contribution is -0.134. The largest absolute Gasteiger partial charge is 0.341 e. The van der Waals surface area contributed by atoms with E-state index in [0.29, 0.717) is 18.4 Å². The number of carbonyl (C=O) groups is 1. The SMILES string of the molecule is CCc1noc([C@@H](C)N2CCN(CC(=O)N3CCC[C@@H](C)C3)CC2)n1. The van der Waals surface area contributed by atoms with Crippen LogP contribution in [0.5, 0.6) is 0 Å². The van der Waals surface area contributed by atoms with Crippen molar-refractivity contribution < 1.29 is 9.32 Å². The van der Waals surface area contributed by atoms with E-state index in [2.05, 4.69) is 33.8 Å². The lowest BCUT2D eigenvalue weighted by Crippen LogP contribution is -2.51. The zero-order chi connectivity index (χ0) is 17.8. The Kier molecular flexibility index (Phi) is 6.06. The summed E-state index contributed by atoms with van der Waals surface area (Å²) in [6, 6.07) is 0.133. The van der Waals surface area contributed by atoms with Gasteiger partial charge in [-0.15, -0.1) is 0 Å². The fraction of sp³-hybridized carbons (Fsp3) is 0.833. The van der Waals surface area contributed by atoms with Gasteiger partial charge in [0.25, 0.3) is 0 Å². The van der Waals surface area contributed by atoms with Crippen molar-refractivity contribution in [2.24, 2.45) is 5.92 Å². The maximum atomic E-state index is 12.5. The van der Waals surface area contributed by atoms with Crippen molar-refractivity contribution in [1.82, 2.24) is 24.8 Å². The Morgan fingerprint density at radius 1 is 1.28 bits per heavy atom. The third kappa shape index (κ3) is 4.58. The van der Waals surface area contributed by atoms with E-state index in [1.54, 1.807) is 0 Å². The number of rotatable bonds is 5. The van der Waals surface area contributed by atoms with Crippen LogP contribution in [0.25, 0.3) is 0 Å². The minimum absolute atomic E-state index is 0.133. The molecule has 2 atom stereocenters. The van der Waals surface area contributed by atoms with Crippen LogP contribution in [0.4, 0.5) is 0 Å². The Labute approximate surface area is 150 Å². The summed E-state index contributed by atoms with van der Waals surface area (Å²) in [6.45, 7) is 12.5. The number of aryl methyl sites for hydroxylation is 1. The van der Waals surface area contributed by atoms with Crippen LogP contribution >= 0.6 is 0 Å². The molecule has 3 heterocycles. The first-order valence-corrected chi connectivity index (χ1v) is 9.63. The van der Waals surface area contributed by atoms with Crippen molar-refractivity contribution in [2.75, 3.05) is 45.8 Å². The summed E-state index contributed by atoms with van der Waals surface area (Å²) in [6.07, 6.45) is 3.18. The first-order chi connectivity index (χ1) is 12.1. The minimum Gasteiger partial charge on any atom is -0.341 e. The molecule has 0 aromatic carbocycles. The first-order valence-electron chi connectivity index (χ1n) is 9.63. The Bertz CT molecular complexity index is 568. The highest BCUT2D eigenvalue weighted by molar-refractivity contribution is 5.78. The molecule has 1 aromatic heterocycles. The fourth-order valence-electron chi connectivity index (χ4n) is 3.75. The van der Waals surface area contributed by atoms with Gasteiger partial charge < -0.3 is 9.42 Å². The highest BCUT2D eigenvalue weighted by Crippen LogP contribution is 2.21. The summed E-state index contributed by atoms with van der Waals surface area (Å²) in [5.41, 5.74) is 0. The van der Waals surface area contributed by atoms with E-state index in [0.717, 1.165) is 57.9 Å². The second-order valence-electron chi connectivity index (χ2n) is 7.48. The molecule has 2 saturated heterocycles. The monoisotopic (exact) mass is 349 g/mol. The Hall–Kier alpha value is -1.47. The highest BCUT2D eigenvalue weighted by atomic mass is 16.5. The number of likely N-dealkylation sites (tertiary alicyclic amines) is 1. The topological polar surface area (TPSA) is 65.7 Å². The molecule has 2 aliphatic rings. The molecule has 7 nitrogen and oxygen atoms in total. The molecule has 2 aliphatic heterocycles. The molecule has 3 rings (SSSR count). The molecule has 0 unspecified atom stereocenters. The minimum atomic E-state index is 0.133. The molecule has 1 amide bonds. The quantitative estimate of drug-likeness (QED) is 0.804. The third-order valence-electron chi connectivity index (χ3n) is 5.48. The maximum absolute atomic E-state index is 12.5. The Morgan fingerprint density at radius 2 is 2.04 bits per heavy atom. The number of aromatic nitrogens is 2. The first kappa shape index (κ1) is 18.3. The molecule has 0 aliphatic carbocycles. The second-order valence-corrected chi connectivity index (χ2v) is 7.48. The number of piperidine rings is 1. The van der Waals surface area contributed by atoms with E-state index in [4.69, 9.17) is 4.52 Å². The van der Waals surface area contributed by atoms with Crippen LogP contribution in [0.1, 0.15) is 51.4 Å². The van der Waals surface area contributed by atoms with Gasteiger partial charge in [-0.1, -0.05) is 19.0 Å². The second kappa shape index (κ2) is 8.27. The van der Waals surface area contributed by atoms with E-state index in [-0.39, 0.29) is 11.9 Å². The highest BCUT2D eigenvalue weighted by Gasteiger charge is 2.28. The predicted octanol–water partition coefficient (Wildman–Crippen LogP) is 1.57. The van der Waals surface area contributed by atoms with Gasteiger partial charge in [0.15, 0.2) is 5.82 Å². The number of carbonyl (C=O) groups excluding carboxylic acids is 1. The predicted molar refractivity (Wildman–Crippen MR) is 95.1 cm³/mol. The summed E-state index contributed by atoms with van der Waals surface area (Å²) < 4.78 is 5.37. The summed E-state index contributed by atoms with van der Waals surface area (Å²) in [5.74, 6) is 2.39. The van der Waals surface area contributed by atoms with Crippen molar-refractivity contribution in [2.45, 2.75) is 46.1 Å².